The van der Waals surface area contributed by atoms with E-state index >= 15 is 0 Å². The van der Waals surface area contributed by atoms with E-state index < -0.39 is 23.3 Å². The zero-order valence-corrected chi connectivity index (χ0v) is 13.2. The van der Waals surface area contributed by atoms with Crippen molar-refractivity contribution in [3.8, 4) is 0 Å². The highest BCUT2D eigenvalue weighted by Crippen LogP contribution is 2.20. The monoisotopic (exact) mass is 286 g/mol. The average Bonchev–Trinajstić information content (AvgIpc) is 2.23. The van der Waals surface area contributed by atoms with Crippen LogP contribution in [0.5, 0.6) is 0 Å². The van der Waals surface area contributed by atoms with E-state index in [2.05, 4.69) is 5.32 Å². The minimum Gasteiger partial charge on any atom is -0.481 e. The fourth-order valence-corrected chi connectivity index (χ4v) is 1.63. The van der Waals surface area contributed by atoms with Crippen molar-refractivity contribution in [1.29, 1.82) is 0 Å². The normalized spacial score (nSPS) is 11.6. The van der Waals surface area contributed by atoms with Gasteiger partial charge in [-0.05, 0) is 33.6 Å². The van der Waals surface area contributed by atoms with Gasteiger partial charge in [-0.3, -0.25) is 14.9 Å². The van der Waals surface area contributed by atoms with Gasteiger partial charge in [0.05, 0.1) is 5.41 Å². The fourth-order valence-electron chi connectivity index (χ4n) is 1.63. The zero-order valence-electron chi connectivity index (χ0n) is 13.2. The summed E-state index contributed by atoms with van der Waals surface area (Å²) in [6.07, 6.45) is -0.234. The zero-order chi connectivity index (χ0) is 16.1. The number of carbonyl (C=O) groups excluding carboxylic acids is 2. The topological polar surface area (TPSA) is 86.7 Å². The van der Waals surface area contributed by atoms with E-state index in [0.717, 1.165) is 0 Å². The van der Waals surface area contributed by atoms with Gasteiger partial charge in [0.2, 0.25) is 5.91 Å². The molecule has 0 heterocycles. The molecule has 0 bridgehead atoms. The van der Waals surface area contributed by atoms with Gasteiger partial charge in [0.15, 0.2) is 0 Å². The Balaban J connectivity index is 4.65. The second-order valence-electron chi connectivity index (χ2n) is 6.36. The fraction of sp³-hybridized carbons (Fsp3) is 0.786. The number of carboxylic acids is 1. The summed E-state index contributed by atoms with van der Waals surface area (Å²) in [6, 6.07) is -0.502. The van der Waals surface area contributed by atoms with Gasteiger partial charge in [-0.15, -0.1) is 0 Å². The number of amides is 3. The van der Waals surface area contributed by atoms with Gasteiger partial charge in [-0.25, -0.2) is 4.79 Å². The highest BCUT2D eigenvalue weighted by Gasteiger charge is 2.31. The Labute approximate surface area is 120 Å². The molecule has 0 aromatic heterocycles. The first-order valence-corrected chi connectivity index (χ1v) is 6.81. The van der Waals surface area contributed by atoms with E-state index in [9.17, 15) is 14.4 Å². The largest absolute Gasteiger partial charge is 0.481 e. The molecule has 3 amide bonds. The van der Waals surface area contributed by atoms with Crippen LogP contribution in [0, 0.1) is 11.3 Å². The van der Waals surface area contributed by atoms with E-state index in [0.29, 0.717) is 6.54 Å². The van der Waals surface area contributed by atoms with Gasteiger partial charge in [0.25, 0.3) is 0 Å². The van der Waals surface area contributed by atoms with Crippen LogP contribution in [0.2, 0.25) is 0 Å². The number of nitrogens with zero attached hydrogens (tertiary/aromatic N) is 1. The highest BCUT2D eigenvalue weighted by molar-refractivity contribution is 5.96. The first kappa shape index (κ1) is 18.4. The summed E-state index contributed by atoms with van der Waals surface area (Å²) in [5.74, 6) is -1.35. The Morgan fingerprint density at radius 1 is 1.15 bits per heavy atom. The molecular weight excluding hydrogens is 260 g/mol. The summed E-state index contributed by atoms with van der Waals surface area (Å²) in [4.78, 5) is 36.3. The lowest BCUT2D eigenvalue weighted by atomic mass is 9.89. The Morgan fingerprint density at radius 3 is 2.00 bits per heavy atom. The second kappa shape index (κ2) is 7.26. The number of urea groups is 1. The molecule has 0 aliphatic rings. The van der Waals surface area contributed by atoms with Gasteiger partial charge in [-0.1, -0.05) is 13.8 Å². The first-order chi connectivity index (χ1) is 8.97. The van der Waals surface area contributed by atoms with Crippen LogP contribution in [0.4, 0.5) is 4.79 Å². The molecule has 0 saturated heterocycles. The number of nitrogens with one attached hydrogen (secondary N) is 1. The van der Waals surface area contributed by atoms with Gasteiger partial charge in [-0.2, -0.15) is 0 Å². The molecule has 0 aliphatic heterocycles. The summed E-state index contributed by atoms with van der Waals surface area (Å²) in [6.45, 7) is 11.2. The predicted octanol–water partition coefficient (Wildman–Crippen LogP) is 2.09. The summed E-state index contributed by atoms with van der Waals surface area (Å²) in [5.41, 5.74) is -1.19. The first-order valence-electron chi connectivity index (χ1n) is 6.81. The quantitative estimate of drug-likeness (QED) is 0.782. The maximum Gasteiger partial charge on any atom is 0.324 e. The molecule has 116 valence electrons. The van der Waals surface area contributed by atoms with Gasteiger partial charge >= 0.3 is 12.0 Å². The summed E-state index contributed by atoms with van der Waals surface area (Å²) >= 11 is 0. The molecule has 2 N–H and O–H groups in total. The van der Waals surface area contributed by atoms with E-state index in [1.165, 1.54) is 13.8 Å². The molecule has 6 nitrogen and oxygen atoms in total. The molecule has 0 unspecified atom stereocenters. The molecule has 0 aromatic rings. The van der Waals surface area contributed by atoms with E-state index in [1.54, 1.807) is 4.90 Å². The van der Waals surface area contributed by atoms with Gasteiger partial charge in [0, 0.05) is 19.0 Å². The van der Waals surface area contributed by atoms with Crippen molar-refractivity contribution in [2.45, 2.75) is 54.0 Å². The standard InChI is InChI=1S/C14H26N2O4/c1-9(2)8-16(10(3)4)13(20)15-11(17)7-14(5,6)12(18)19/h9-10H,7-8H2,1-6H3,(H,18,19)(H,15,17,20). The number of hydrogen-bond donors (Lipinski definition) is 2. The molecule has 0 spiro atoms. The Bertz CT molecular complexity index is 375. The van der Waals surface area contributed by atoms with Crippen LogP contribution in [-0.4, -0.2) is 40.5 Å². The number of imide groups is 1. The number of carbonyl (C=O) groups is 3. The van der Waals surface area contributed by atoms with Crippen LogP contribution in [-0.2, 0) is 9.59 Å². The molecule has 0 fully saturated rings. The van der Waals surface area contributed by atoms with Crippen molar-refractivity contribution in [3.05, 3.63) is 0 Å². The van der Waals surface area contributed by atoms with E-state index in [1.807, 2.05) is 27.7 Å². The summed E-state index contributed by atoms with van der Waals surface area (Å²) < 4.78 is 0. The lowest BCUT2D eigenvalue weighted by Crippen LogP contribution is -2.48. The molecule has 0 aliphatic carbocycles. The number of hydrogen-bond acceptors (Lipinski definition) is 3. The molecule has 6 heteroatoms. The molecule has 0 atom stereocenters. The lowest BCUT2D eigenvalue weighted by molar-refractivity contribution is -0.149. The smallest absolute Gasteiger partial charge is 0.324 e. The minimum absolute atomic E-state index is 0.0299. The van der Waals surface area contributed by atoms with E-state index in [-0.39, 0.29) is 18.4 Å². The molecule has 0 aromatic carbocycles. The number of carboxylic acid groups (broad SMARTS) is 1. The van der Waals surface area contributed by atoms with Crippen molar-refractivity contribution >= 4 is 17.9 Å². The Hall–Kier alpha value is -1.59. The van der Waals surface area contributed by atoms with Crippen LogP contribution in [0.15, 0.2) is 0 Å². The van der Waals surface area contributed by atoms with Gasteiger partial charge < -0.3 is 10.0 Å². The van der Waals surface area contributed by atoms with Crippen LogP contribution in [0.3, 0.4) is 0 Å². The summed E-state index contributed by atoms with van der Waals surface area (Å²) in [5, 5.41) is 11.2. The molecule has 0 radical (unpaired) electrons. The molecular formula is C14H26N2O4. The second-order valence-corrected chi connectivity index (χ2v) is 6.36. The van der Waals surface area contributed by atoms with Gasteiger partial charge in [0.1, 0.15) is 0 Å². The average molecular weight is 286 g/mol. The predicted molar refractivity (Wildman–Crippen MR) is 76.3 cm³/mol. The molecule has 20 heavy (non-hydrogen) atoms. The third kappa shape index (κ3) is 6.04. The third-order valence-electron chi connectivity index (χ3n) is 2.87. The lowest BCUT2D eigenvalue weighted by Gasteiger charge is -2.28. The number of aliphatic carboxylic acids is 1. The van der Waals surface area contributed by atoms with Crippen molar-refractivity contribution in [2.24, 2.45) is 11.3 Å². The third-order valence-corrected chi connectivity index (χ3v) is 2.87. The molecule has 0 rings (SSSR count). The van der Waals surface area contributed by atoms with Crippen LogP contribution in [0.1, 0.15) is 48.0 Å². The molecule has 0 saturated carbocycles. The van der Waals surface area contributed by atoms with Crippen molar-refractivity contribution in [1.82, 2.24) is 10.2 Å². The summed E-state index contributed by atoms with van der Waals surface area (Å²) in [7, 11) is 0. The van der Waals surface area contributed by atoms with Crippen molar-refractivity contribution in [2.75, 3.05) is 6.54 Å². The maximum atomic E-state index is 12.0. The van der Waals surface area contributed by atoms with E-state index in [4.69, 9.17) is 5.11 Å². The SMILES string of the molecule is CC(C)CN(C(=O)NC(=O)CC(C)(C)C(=O)O)C(C)C. The Morgan fingerprint density at radius 2 is 1.65 bits per heavy atom. The van der Waals surface area contributed by atoms with Crippen molar-refractivity contribution < 1.29 is 19.5 Å². The van der Waals surface area contributed by atoms with Crippen LogP contribution >= 0.6 is 0 Å². The highest BCUT2D eigenvalue weighted by atomic mass is 16.4. The minimum atomic E-state index is -1.19. The number of rotatable bonds is 6. The maximum absolute atomic E-state index is 12.0. The van der Waals surface area contributed by atoms with Crippen molar-refractivity contribution in [3.63, 3.8) is 0 Å². The Kier molecular flexibility index (Phi) is 6.68. The van der Waals surface area contributed by atoms with Crippen LogP contribution < -0.4 is 5.32 Å². The van der Waals surface area contributed by atoms with Crippen LogP contribution in [0.25, 0.3) is 0 Å².